The molecule has 0 rings (SSSR count). The molecule has 0 fully saturated rings. The Hall–Kier alpha value is -0.780. The first-order valence-electron chi connectivity index (χ1n) is 4.46. The second-order valence-corrected chi connectivity index (χ2v) is 3.79. The van der Waals surface area contributed by atoms with Crippen molar-refractivity contribution in [2.24, 2.45) is 5.92 Å². The summed E-state index contributed by atoms with van der Waals surface area (Å²) >= 11 is 0. The van der Waals surface area contributed by atoms with E-state index < -0.39 is 0 Å². The molecule has 0 aliphatic rings. The van der Waals surface area contributed by atoms with Gasteiger partial charge in [0.05, 0.1) is 0 Å². The summed E-state index contributed by atoms with van der Waals surface area (Å²) in [6, 6.07) is 0. The fraction of sp³-hybridized carbons (Fsp3) is 0.500. The average Bonchev–Trinajstić information content (AvgIpc) is 1.84. The van der Waals surface area contributed by atoms with Crippen LogP contribution in [0.5, 0.6) is 0 Å². The van der Waals surface area contributed by atoms with Crippen molar-refractivity contribution in [1.29, 1.82) is 0 Å². The van der Waals surface area contributed by atoms with Gasteiger partial charge in [0.2, 0.25) is 0 Å². The Morgan fingerprint density at radius 1 is 1.08 bits per heavy atom. The van der Waals surface area contributed by atoms with Crippen LogP contribution in [0.1, 0.15) is 34.6 Å². The maximum absolute atomic E-state index is 3.84. The van der Waals surface area contributed by atoms with E-state index in [0.717, 1.165) is 5.57 Å². The van der Waals surface area contributed by atoms with E-state index in [1.54, 1.807) is 0 Å². The van der Waals surface area contributed by atoms with E-state index >= 15 is 0 Å². The van der Waals surface area contributed by atoms with E-state index in [0.29, 0.717) is 5.92 Å². The molecule has 0 aliphatic carbocycles. The fourth-order valence-electron chi connectivity index (χ4n) is 1.17. The molecule has 68 valence electrons. The van der Waals surface area contributed by atoms with Crippen LogP contribution in [0.3, 0.4) is 0 Å². The highest BCUT2D eigenvalue weighted by molar-refractivity contribution is 5.29. The second-order valence-electron chi connectivity index (χ2n) is 3.79. The first-order chi connectivity index (χ1) is 5.45. The van der Waals surface area contributed by atoms with Gasteiger partial charge in [-0.15, -0.1) is 0 Å². The first-order valence-corrected chi connectivity index (χ1v) is 4.46. The van der Waals surface area contributed by atoms with Gasteiger partial charge in [0.15, 0.2) is 0 Å². The van der Waals surface area contributed by atoms with E-state index in [1.165, 1.54) is 11.1 Å². The molecule has 0 N–H and O–H groups in total. The van der Waals surface area contributed by atoms with Crippen LogP contribution in [0.2, 0.25) is 0 Å². The third-order valence-corrected chi connectivity index (χ3v) is 1.75. The van der Waals surface area contributed by atoms with Crippen molar-refractivity contribution in [1.82, 2.24) is 0 Å². The lowest BCUT2D eigenvalue weighted by molar-refractivity contribution is 0.779. The largest absolute Gasteiger partial charge is 0.0961 e. The van der Waals surface area contributed by atoms with Crippen LogP contribution in [-0.4, -0.2) is 0 Å². The molecule has 0 aromatic rings. The van der Waals surface area contributed by atoms with Gasteiger partial charge in [0.25, 0.3) is 0 Å². The van der Waals surface area contributed by atoms with Gasteiger partial charge in [0.1, 0.15) is 0 Å². The zero-order valence-corrected chi connectivity index (χ0v) is 8.94. The summed E-state index contributed by atoms with van der Waals surface area (Å²) in [5.41, 5.74) is 3.91. The molecule has 0 saturated carbocycles. The van der Waals surface area contributed by atoms with Crippen LogP contribution < -0.4 is 0 Å². The van der Waals surface area contributed by atoms with E-state index in [2.05, 4.69) is 46.4 Å². The second kappa shape index (κ2) is 4.97. The highest BCUT2D eigenvalue weighted by atomic mass is 14.1. The fourth-order valence-corrected chi connectivity index (χ4v) is 1.17. The van der Waals surface area contributed by atoms with Gasteiger partial charge in [-0.05, 0) is 32.3 Å². The van der Waals surface area contributed by atoms with Gasteiger partial charge in [0, 0.05) is 0 Å². The number of allylic oxidation sites excluding steroid dienone is 5. The number of hydrogen-bond donors (Lipinski definition) is 0. The van der Waals surface area contributed by atoms with Crippen LogP contribution in [0.4, 0.5) is 0 Å². The van der Waals surface area contributed by atoms with Gasteiger partial charge in [-0.1, -0.05) is 43.7 Å². The summed E-state index contributed by atoms with van der Waals surface area (Å²) in [6.45, 7) is 14.6. The standard InChI is InChI=1S/C12H20/c1-9(2)7-8-12(10(3)4)11(5)6/h7-8,10H,1H2,2-6H3/b8-7-. The number of rotatable bonds is 3. The quantitative estimate of drug-likeness (QED) is 0.551. The molecule has 0 atom stereocenters. The minimum atomic E-state index is 0.602. The lowest BCUT2D eigenvalue weighted by Gasteiger charge is -2.08. The van der Waals surface area contributed by atoms with Crippen LogP contribution in [0.25, 0.3) is 0 Å². The highest BCUT2D eigenvalue weighted by Crippen LogP contribution is 2.16. The molecule has 0 aliphatic heterocycles. The maximum atomic E-state index is 3.84. The van der Waals surface area contributed by atoms with E-state index in [-0.39, 0.29) is 0 Å². The monoisotopic (exact) mass is 164 g/mol. The first kappa shape index (κ1) is 11.2. The Labute approximate surface area is 76.7 Å². The summed E-state index contributed by atoms with van der Waals surface area (Å²) in [5.74, 6) is 0.602. The molecule has 0 aromatic carbocycles. The van der Waals surface area contributed by atoms with Crippen LogP contribution in [0.15, 0.2) is 35.5 Å². The predicted octanol–water partition coefficient (Wildman–Crippen LogP) is 4.11. The van der Waals surface area contributed by atoms with Crippen molar-refractivity contribution in [2.75, 3.05) is 0 Å². The Morgan fingerprint density at radius 3 is 1.83 bits per heavy atom. The van der Waals surface area contributed by atoms with Gasteiger partial charge in [-0.3, -0.25) is 0 Å². The van der Waals surface area contributed by atoms with E-state index in [1.807, 2.05) is 6.92 Å². The van der Waals surface area contributed by atoms with Crippen LogP contribution in [0, 0.1) is 5.92 Å². The van der Waals surface area contributed by atoms with Crippen molar-refractivity contribution < 1.29 is 0 Å². The minimum absolute atomic E-state index is 0.602. The molecule has 0 unspecified atom stereocenters. The summed E-state index contributed by atoms with van der Waals surface area (Å²) in [5, 5.41) is 0. The lowest BCUT2D eigenvalue weighted by Crippen LogP contribution is -1.92. The van der Waals surface area contributed by atoms with E-state index in [9.17, 15) is 0 Å². The Kier molecular flexibility index (Phi) is 4.65. The summed E-state index contributed by atoms with van der Waals surface area (Å²) in [4.78, 5) is 0. The molecule has 0 heterocycles. The van der Waals surface area contributed by atoms with E-state index in [4.69, 9.17) is 0 Å². The molecule has 0 amide bonds. The topological polar surface area (TPSA) is 0 Å². The molecule has 0 aromatic heterocycles. The highest BCUT2D eigenvalue weighted by Gasteiger charge is 1.99. The van der Waals surface area contributed by atoms with Crippen molar-refractivity contribution in [2.45, 2.75) is 34.6 Å². The average molecular weight is 164 g/mol. The van der Waals surface area contributed by atoms with Crippen LogP contribution >= 0.6 is 0 Å². The molecular weight excluding hydrogens is 144 g/mol. The molecule has 0 bridgehead atoms. The Morgan fingerprint density at radius 2 is 1.58 bits per heavy atom. The third kappa shape index (κ3) is 4.17. The summed E-state index contributed by atoms with van der Waals surface area (Å²) in [7, 11) is 0. The minimum Gasteiger partial charge on any atom is -0.0961 e. The zero-order chi connectivity index (χ0) is 9.72. The predicted molar refractivity (Wildman–Crippen MR) is 57.2 cm³/mol. The van der Waals surface area contributed by atoms with Crippen molar-refractivity contribution >= 4 is 0 Å². The normalized spacial score (nSPS) is 10.8. The Bertz CT molecular complexity index is 210. The molecule has 0 nitrogen and oxygen atoms in total. The molecular formula is C12H20. The van der Waals surface area contributed by atoms with Crippen molar-refractivity contribution in [3.8, 4) is 0 Å². The molecule has 0 spiro atoms. The summed E-state index contributed by atoms with van der Waals surface area (Å²) < 4.78 is 0. The van der Waals surface area contributed by atoms with Gasteiger partial charge in [-0.2, -0.15) is 0 Å². The number of hydrogen-bond acceptors (Lipinski definition) is 0. The van der Waals surface area contributed by atoms with Crippen molar-refractivity contribution in [3.05, 3.63) is 35.5 Å². The van der Waals surface area contributed by atoms with Gasteiger partial charge < -0.3 is 0 Å². The lowest BCUT2D eigenvalue weighted by atomic mass is 9.98. The smallest absolute Gasteiger partial charge is 0.0219 e. The van der Waals surface area contributed by atoms with Crippen molar-refractivity contribution in [3.63, 3.8) is 0 Å². The maximum Gasteiger partial charge on any atom is -0.0219 e. The third-order valence-electron chi connectivity index (χ3n) is 1.75. The molecule has 12 heavy (non-hydrogen) atoms. The summed E-state index contributed by atoms with van der Waals surface area (Å²) in [6.07, 6.45) is 4.24. The Balaban J connectivity index is 4.58. The molecule has 0 radical (unpaired) electrons. The van der Waals surface area contributed by atoms with Gasteiger partial charge in [-0.25, -0.2) is 0 Å². The SMILES string of the molecule is C=C(C)/C=C\C(=C(C)C)C(C)C. The van der Waals surface area contributed by atoms with Gasteiger partial charge >= 0.3 is 0 Å². The molecule has 0 heteroatoms. The van der Waals surface area contributed by atoms with Crippen LogP contribution in [-0.2, 0) is 0 Å². The zero-order valence-electron chi connectivity index (χ0n) is 8.94. The molecule has 0 saturated heterocycles.